The molecule has 0 bridgehead atoms. The van der Waals surface area contributed by atoms with E-state index in [1.54, 1.807) is 4.68 Å². The smallest absolute Gasteiger partial charge is 0.176 e. The van der Waals surface area contributed by atoms with E-state index in [9.17, 15) is 0 Å². The molecule has 0 spiro atoms. The summed E-state index contributed by atoms with van der Waals surface area (Å²) < 4.78 is 8.28. The lowest BCUT2D eigenvalue weighted by Crippen LogP contribution is -2.22. The minimum Gasteiger partial charge on any atom is -0.360 e. The minimum absolute atomic E-state index is 0.438. The third-order valence-electron chi connectivity index (χ3n) is 2.45. The number of nitrogens with zero attached hydrogens (tertiary/aromatic N) is 3. The molecular formula is C11H18IN3OSi. The molecule has 0 aliphatic rings. The first kappa shape index (κ1) is 14.7. The molecule has 0 amide bonds. The zero-order chi connectivity index (χ0) is 13.1. The molecule has 1 rings (SSSR count). The van der Waals surface area contributed by atoms with Crippen molar-refractivity contribution in [1.29, 1.82) is 5.26 Å². The molecule has 4 nitrogen and oxygen atoms in total. The van der Waals surface area contributed by atoms with Gasteiger partial charge in [0.15, 0.2) is 5.69 Å². The van der Waals surface area contributed by atoms with Crippen molar-refractivity contribution in [3.63, 3.8) is 0 Å². The minimum atomic E-state index is -1.03. The molecule has 0 saturated heterocycles. The van der Waals surface area contributed by atoms with Crippen LogP contribution in [0.1, 0.15) is 11.4 Å². The summed E-state index contributed by atoms with van der Waals surface area (Å²) in [6.45, 7) is 10.1. The molecule has 17 heavy (non-hydrogen) atoms. The van der Waals surface area contributed by atoms with E-state index in [0.29, 0.717) is 12.4 Å². The Morgan fingerprint density at radius 1 is 1.47 bits per heavy atom. The Morgan fingerprint density at radius 3 is 2.59 bits per heavy atom. The summed E-state index contributed by atoms with van der Waals surface area (Å²) in [4.78, 5) is 0. The highest BCUT2D eigenvalue weighted by atomic mass is 127. The normalized spacial score (nSPS) is 11.5. The molecule has 0 radical (unpaired) electrons. The average Bonchev–Trinajstić information content (AvgIpc) is 2.50. The van der Waals surface area contributed by atoms with Crippen molar-refractivity contribution < 1.29 is 4.74 Å². The highest BCUT2D eigenvalue weighted by Gasteiger charge is 2.14. The summed E-state index contributed by atoms with van der Waals surface area (Å²) >= 11 is 2.15. The van der Waals surface area contributed by atoms with E-state index in [2.05, 4.69) is 53.4 Å². The highest BCUT2D eigenvalue weighted by Crippen LogP contribution is 2.15. The lowest BCUT2D eigenvalue weighted by Gasteiger charge is -2.15. The van der Waals surface area contributed by atoms with Crippen LogP contribution in [0, 0.1) is 21.8 Å². The Morgan fingerprint density at radius 2 is 2.12 bits per heavy atom. The lowest BCUT2D eigenvalue weighted by molar-refractivity contribution is 0.0770. The highest BCUT2D eigenvalue weighted by molar-refractivity contribution is 14.1. The zero-order valence-corrected chi connectivity index (χ0v) is 13.9. The van der Waals surface area contributed by atoms with Gasteiger partial charge in [-0.3, -0.25) is 0 Å². The molecule has 0 fully saturated rings. The fourth-order valence-electron chi connectivity index (χ4n) is 1.25. The molecule has 0 aliphatic heterocycles. The van der Waals surface area contributed by atoms with Gasteiger partial charge in [-0.2, -0.15) is 10.4 Å². The Hall–Kier alpha value is -0.393. The van der Waals surface area contributed by atoms with Crippen molar-refractivity contribution in [2.24, 2.45) is 0 Å². The van der Waals surface area contributed by atoms with E-state index >= 15 is 0 Å². The van der Waals surface area contributed by atoms with Crippen molar-refractivity contribution in [2.75, 3.05) is 6.61 Å². The van der Waals surface area contributed by atoms with E-state index in [0.717, 1.165) is 21.9 Å². The van der Waals surface area contributed by atoms with Crippen LogP contribution in [0.4, 0.5) is 0 Å². The first-order valence-electron chi connectivity index (χ1n) is 5.56. The van der Waals surface area contributed by atoms with Crippen molar-refractivity contribution in [2.45, 2.75) is 39.3 Å². The topological polar surface area (TPSA) is 50.8 Å². The van der Waals surface area contributed by atoms with Crippen LogP contribution in [-0.2, 0) is 11.5 Å². The van der Waals surface area contributed by atoms with Gasteiger partial charge >= 0.3 is 0 Å². The molecule has 0 aliphatic carbocycles. The number of ether oxygens (including phenoxy) is 1. The molecule has 0 aromatic carbocycles. The summed E-state index contributed by atoms with van der Waals surface area (Å²) in [5, 5.41) is 13.1. The number of halogens is 1. The van der Waals surface area contributed by atoms with Crippen LogP contribution in [0.25, 0.3) is 0 Å². The predicted octanol–water partition coefficient (Wildman–Crippen LogP) is 2.98. The summed E-state index contributed by atoms with van der Waals surface area (Å²) in [5.41, 5.74) is 1.48. The van der Waals surface area contributed by atoms with Crippen LogP contribution in [-0.4, -0.2) is 24.5 Å². The Labute approximate surface area is 117 Å². The van der Waals surface area contributed by atoms with Gasteiger partial charge in [0.25, 0.3) is 0 Å². The predicted molar refractivity (Wildman–Crippen MR) is 78.5 cm³/mol. The monoisotopic (exact) mass is 363 g/mol. The third-order valence-corrected chi connectivity index (χ3v) is 5.44. The van der Waals surface area contributed by atoms with E-state index in [4.69, 9.17) is 10.00 Å². The van der Waals surface area contributed by atoms with Gasteiger partial charge in [-0.15, -0.1) is 0 Å². The molecule has 0 N–H and O–H groups in total. The summed E-state index contributed by atoms with van der Waals surface area (Å²) in [5.74, 6) is 0. The molecule has 1 aromatic rings. The van der Waals surface area contributed by atoms with Gasteiger partial charge in [-0.25, -0.2) is 4.68 Å². The first-order valence-corrected chi connectivity index (χ1v) is 10.3. The number of hydrogen-bond acceptors (Lipinski definition) is 3. The summed E-state index contributed by atoms with van der Waals surface area (Å²) in [6, 6.07) is 3.23. The SMILES string of the molecule is Cc1c(I)c(C#N)nn1COCC[Si](C)(C)C. The molecule has 1 aromatic heterocycles. The quantitative estimate of drug-likeness (QED) is 0.459. The Bertz CT molecular complexity index is 431. The van der Waals surface area contributed by atoms with Crippen molar-refractivity contribution in [3.05, 3.63) is 15.0 Å². The van der Waals surface area contributed by atoms with Gasteiger partial charge in [0.05, 0.1) is 9.26 Å². The zero-order valence-electron chi connectivity index (χ0n) is 10.7. The number of hydrogen-bond donors (Lipinski definition) is 0. The second kappa shape index (κ2) is 5.98. The van der Waals surface area contributed by atoms with Gasteiger partial charge in [0.2, 0.25) is 0 Å². The van der Waals surface area contributed by atoms with Gasteiger partial charge in [0.1, 0.15) is 12.8 Å². The van der Waals surface area contributed by atoms with Gasteiger partial charge < -0.3 is 4.74 Å². The van der Waals surface area contributed by atoms with E-state index in [1.807, 2.05) is 6.92 Å². The maximum Gasteiger partial charge on any atom is 0.176 e. The van der Waals surface area contributed by atoms with Gasteiger partial charge in [-0.1, -0.05) is 19.6 Å². The van der Waals surface area contributed by atoms with E-state index < -0.39 is 8.07 Å². The van der Waals surface area contributed by atoms with E-state index in [-0.39, 0.29) is 0 Å². The third kappa shape index (κ3) is 4.41. The van der Waals surface area contributed by atoms with Crippen LogP contribution < -0.4 is 0 Å². The fourth-order valence-corrected chi connectivity index (χ4v) is 2.51. The largest absolute Gasteiger partial charge is 0.360 e. The van der Waals surface area contributed by atoms with E-state index in [1.165, 1.54) is 0 Å². The maximum atomic E-state index is 8.87. The summed E-state index contributed by atoms with van der Waals surface area (Å²) in [6.07, 6.45) is 0. The number of aromatic nitrogens is 2. The molecule has 0 saturated carbocycles. The van der Waals surface area contributed by atoms with Crippen molar-refractivity contribution >= 4 is 30.7 Å². The summed E-state index contributed by atoms with van der Waals surface area (Å²) in [7, 11) is -1.03. The second-order valence-electron chi connectivity index (χ2n) is 5.21. The first-order chi connectivity index (χ1) is 7.85. The number of nitriles is 1. The molecule has 1 heterocycles. The molecule has 94 valence electrons. The van der Waals surface area contributed by atoms with Crippen molar-refractivity contribution in [1.82, 2.24) is 9.78 Å². The van der Waals surface area contributed by atoms with Gasteiger partial charge in [0, 0.05) is 14.7 Å². The van der Waals surface area contributed by atoms with Crippen molar-refractivity contribution in [3.8, 4) is 6.07 Å². The van der Waals surface area contributed by atoms with Crippen LogP contribution in [0.15, 0.2) is 0 Å². The van der Waals surface area contributed by atoms with Crippen LogP contribution in [0.2, 0.25) is 25.7 Å². The fraction of sp³-hybridized carbons (Fsp3) is 0.636. The van der Waals surface area contributed by atoms with Gasteiger partial charge in [-0.05, 0) is 35.6 Å². The molecule has 6 heteroatoms. The maximum absolute atomic E-state index is 8.87. The average molecular weight is 363 g/mol. The Balaban J connectivity index is 2.51. The molecular weight excluding hydrogens is 345 g/mol. The lowest BCUT2D eigenvalue weighted by atomic mass is 10.4. The second-order valence-corrected chi connectivity index (χ2v) is 11.9. The number of rotatable bonds is 5. The molecule has 0 unspecified atom stereocenters. The Kier molecular flexibility index (Phi) is 5.16. The van der Waals surface area contributed by atoms with Crippen LogP contribution >= 0.6 is 22.6 Å². The molecule has 0 atom stereocenters. The van der Waals surface area contributed by atoms with Crippen LogP contribution in [0.3, 0.4) is 0 Å². The standard InChI is InChI=1S/C11H18IN3OSi/c1-9-11(12)10(7-13)14-15(9)8-16-5-6-17(2,3)4/h5-6,8H2,1-4H3. The van der Waals surface area contributed by atoms with Crippen LogP contribution in [0.5, 0.6) is 0 Å².